The van der Waals surface area contributed by atoms with E-state index in [4.69, 9.17) is 0 Å². The molecule has 0 bridgehead atoms. The van der Waals surface area contributed by atoms with E-state index in [2.05, 4.69) is 19.1 Å². The minimum atomic E-state index is -3.47. The van der Waals surface area contributed by atoms with Crippen LogP contribution in [0.2, 0.25) is 0 Å². The van der Waals surface area contributed by atoms with Gasteiger partial charge in [-0.2, -0.15) is 0 Å². The lowest BCUT2D eigenvalue weighted by Gasteiger charge is -2.09. The fourth-order valence-corrected chi connectivity index (χ4v) is 4.52. The van der Waals surface area contributed by atoms with E-state index < -0.39 is 15.8 Å². The molecule has 130 valence electrons. The second kappa shape index (κ2) is 6.84. The Hall–Kier alpha value is -2.40. The zero-order valence-corrected chi connectivity index (χ0v) is 14.8. The molecule has 4 nitrogen and oxygen atoms in total. The zero-order chi connectivity index (χ0) is 18.0. The summed E-state index contributed by atoms with van der Waals surface area (Å²) in [6.45, 7) is 2.13. The molecule has 0 unspecified atom stereocenters. The minimum absolute atomic E-state index is 0.0212. The summed E-state index contributed by atoms with van der Waals surface area (Å²) in [5, 5.41) is 9.26. The number of fused-ring (bicyclic) bond motifs is 1. The van der Waals surface area contributed by atoms with E-state index in [0.717, 1.165) is 24.0 Å². The van der Waals surface area contributed by atoms with Crippen molar-refractivity contribution in [3.63, 3.8) is 0 Å². The van der Waals surface area contributed by atoms with Gasteiger partial charge in [-0.25, -0.2) is 13.2 Å². The molecule has 0 amide bonds. The molecule has 25 heavy (non-hydrogen) atoms. The first-order chi connectivity index (χ1) is 11.9. The van der Waals surface area contributed by atoms with E-state index in [0.29, 0.717) is 5.56 Å². The monoisotopic (exact) mass is 356 g/mol. The lowest BCUT2D eigenvalue weighted by Crippen LogP contribution is -2.08. The molecule has 0 fully saturated rings. The van der Waals surface area contributed by atoms with Gasteiger partial charge >= 0.3 is 5.97 Å². The highest BCUT2D eigenvalue weighted by Crippen LogP contribution is 2.31. The third-order valence-electron chi connectivity index (χ3n) is 4.42. The Morgan fingerprint density at radius 3 is 2.40 bits per heavy atom. The van der Waals surface area contributed by atoms with Crippen molar-refractivity contribution >= 4 is 21.9 Å². The Labute approximate surface area is 147 Å². The normalized spacial score (nSPS) is 15.8. The molecule has 1 aliphatic heterocycles. The van der Waals surface area contributed by atoms with Crippen molar-refractivity contribution in [3.8, 4) is 11.1 Å². The van der Waals surface area contributed by atoms with Crippen LogP contribution in [0.25, 0.3) is 17.2 Å². The van der Waals surface area contributed by atoms with E-state index in [1.165, 1.54) is 11.6 Å². The van der Waals surface area contributed by atoms with Crippen molar-refractivity contribution < 1.29 is 18.3 Å². The maximum atomic E-state index is 12.4. The van der Waals surface area contributed by atoms with E-state index in [1.54, 1.807) is 18.2 Å². The molecule has 0 radical (unpaired) electrons. The standard InChI is InChI=1S/C20H20O4S/c1-2-3-14-4-6-15(7-5-14)16-8-9-19-18(12-16)13-17(20(21)22)10-11-25(19,23)24/h4-9,12-13H,2-3,10-11H2,1H3,(H,21,22). The number of aliphatic carboxylic acids is 1. The molecule has 0 aliphatic carbocycles. The predicted octanol–water partition coefficient (Wildman–Crippen LogP) is 3.95. The van der Waals surface area contributed by atoms with E-state index in [-0.39, 0.29) is 22.6 Å². The number of sulfone groups is 1. The molecular weight excluding hydrogens is 336 g/mol. The Kier molecular flexibility index (Phi) is 4.77. The Balaban J connectivity index is 2.07. The molecule has 3 rings (SSSR count). The third kappa shape index (κ3) is 3.66. The summed E-state index contributed by atoms with van der Waals surface area (Å²) in [7, 11) is -3.47. The van der Waals surface area contributed by atoms with Gasteiger partial charge in [0.15, 0.2) is 9.84 Å². The molecule has 2 aromatic carbocycles. The first-order valence-corrected chi connectivity index (χ1v) is 9.96. The minimum Gasteiger partial charge on any atom is -0.478 e. The van der Waals surface area contributed by atoms with Crippen LogP contribution in [0.5, 0.6) is 0 Å². The molecule has 5 heteroatoms. The molecule has 0 atom stereocenters. The number of hydrogen-bond donors (Lipinski definition) is 1. The van der Waals surface area contributed by atoms with Crippen LogP contribution < -0.4 is 0 Å². The van der Waals surface area contributed by atoms with Gasteiger partial charge in [-0.15, -0.1) is 0 Å². The fourth-order valence-electron chi connectivity index (χ4n) is 3.06. The number of carboxylic acids is 1. The van der Waals surface area contributed by atoms with Crippen LogP contribution in [0.15, 0.2) is 52.9 Å². The van der Waals surface area contributed by atoms with Crippen LogP contribution in [0, 0.1) is 0 Å². The van der Waals surface area contributed by atoms with E-state index in [9.17, 15) is 18.3 Å². The maximum Gasteiger partial charge on any atom is 0.331 e. The number of hydrogen-bond acceptors (Lipinski definition) is 3. The smallest absolute Gasteiger partial charge is 0.331 e. The SMILES string of the molecule is CCCc1ccc(-c2ccc3c(c2)C=C(C(=O)O)CCS3(=O)=O)cc1. The lowest BCUT2D eigenvalue weighted by atomic mass is 9.99. The highest BCUT2D eigenvalue weighted by Gasteiger charge is 2.24. The van der Waals surface area contributed by atoms with Crippen molar-refractivity contribution in [2.75, 3.05) is 5.75 Å². The van der Waals surface area contributed by atoms with E-state index in [1.807, 2.05) is 12.1 Å². The van der Waals surface area contributed by atoms with Gasteiger partial charge in [0, 0.05) is 5.57 Å². The first-order valence-electron chi connectivity index (χ1n) is 8.30. The number of carboxylic acid groups (broad SMARTS) is 1. The number of benzene rings is 2. The van der Waals surface area contributed by atoms with E-state index >= 15 is 0 Å². The van der Waals surface area contributed by atoms with Crippen LogP contribution >= 0.6 is 0 Å². The molecule has 0 spiro atoms. The number of rotatable bonds is 4. The van der Waals surface area contributed by atoms with Gasteiger partial charge in [-0.3, -0.25) is 0 Å². The predicted molar refractivity (Wildman–Crippen MR) is 98.2 cm³/mol. The summed E-state index contributed by atoms with van der Waals surface area (Å²) in [5.74, 6) is -1.25. The molecular formula is C20H20O4S. The average molecular weight is 356 g/mol. The second-order valence-electron chi connectivity index (χ2n) is 6.24. The quantitative estimate of drug-likeness (QED) is 0.900. The summed E-state index contributed by atoms with van der Waals surface area (Å²) < 4.78 is 24.8. The topological polar surface area (TPSA) is 71.4 Å². The summed E-state index contributed by atoms with van der Waals surface area (Å²) in [4.78, 5) is 11.5. The summed E-state index contributed by atoms with van der Waals surface area (Å²) in [5.41, 5.74) is 3.69. The molecule has 0 aromatic heterocycles. The van der Waals surface area contributed by atoms with Gasteiger partial charge in [-0.1, -0.05) is 43.7 Å². The largest absolute Gasteiger partial charge is 0.478 e. The van der Waals surface area contributed by atoms with Crippen LogP contribution in [-0.2, 0) is 21.1 Å². The Morgan fingerprint density at radius 2 is 1.76 bits per heavy atom. The molecule has 2 aromatic rings. The van der Waals surface area contributed by atoms with Crippen molar-refractivity contribution in [1.82, 2.24) is 0 Å². The Bertz CT molecular complexity index is 938. The first kappa shape index (κ1) is 17.4. The van der Waals surface area contributed by atoms with Crippen LogP contribution in [0.3, 0.4) is 0 Å². The van der Waals surface area contributed by atoms with Crippen molar-refractivity contribution in [2.24, 2.45) is 0 Å². The number of aryl methyl sites for hydroxylation is 1. The summed E-state index contributed by atoms with van der Waals surface area (Å²) in [6, 6.07) is 13.3. The molecule has 0 saturated heterocycles. The number of carbonyl (C=O) groups is 1. The van der Waals surface area contributed by atoms with Crippen molar-refractivity contribution in [3.05, 3.63) is 59.2 Å². The molecule has 1 aliphatic rings. The average Bonchev–Trinajstić information content (AvgIpc) is 2.72. The van der Waals surface area contributed by atoms with Gasteiger partial charge in [-0.05, 0) is 53.3 Å². The van der Waals surface area contributed by atoms with Crippen LogP contribution in [-0.4, -0.2) is 25.2 Å². The van der Waals surface area contributed by atoms with Crippen molar-refractivity contribution in [1.29, 1.82) is 0 Å². The summed E-state index contributed by atoms with van der Waals surface area (Å²) in [6.07, 6.45) is 3.61. The lowest BCUT2D eigenvalue weighted by molar-refractivity contribution is -0.132. The summed E-state index contributed by atoms with van der Waals surface area (Å²) >= 11 is 0. The highest BCUT2D eigenvalue weighted by molar-refractivity contribution is 7.91. The zero-order valence-electron chi connectivity index (χ0n) is 14.0. The maximum absolute atomic E-state index is 12.4. The van der Waals surface area contributed by atoms with Gasteiger partial charge in [0.1, 0.15) is 0 Å². The van der Waals surface area contributed by atoms with Gasteiger partial charge in [0.05, 0.1) is 10.6 Å². The fraction of sp³-hybridized carbons (Fsp3) is 0.250. The van der Waals surface area contributed by atoms with Gasteiger partial charge in [0.2, 0.25) is 0 Å². The van der Waals surface area contributed by atoms with Crippen LogP contribution in [0.1, 0.15) is 30.9 Å². The molecule has 0 saturated carbocycles. The van der Waals surface area contributed by atoms with Gasteiger partial charge < -0.3 is 5.11 Å². The van der Waals surface area contributed by atoms with Gasteiger partial charge in [0.25, 0.3) is 0 Å². The Morgan fingerprint density at radius 1 is 1.08 bits per heavy atom. The third-order valence-corrected chi connectivity index (χ3v) is 6.20. The van der Waals surface area contributed by atoms with Crippen molar-refractivity contribution in [2.45, 2.75) is 31.1 Å². The molecule has 1 N–H and O–H groups in total. The van der Waals surface area contributed by atoms with Crippen LogP contribution in [0.4, 0.5) is 0 Å². The highest BCUT2D eigenvalue weighted by atomic mass is 32.2. The second-order valence-corrected chi connectivity index (χ2v) is 8.32. The molecule has 1 heterocycles.